The lowest BCUT2D eigenvalue weighted by molar-refractivity contribution is -0.120. The van der Waals surface area contributed by atoms with E-state index in [1.54, 1.807) is 19.2 Å². The second kappa shape index (κ2) is 9.57. The summed E-state index contributed by atoms with van der Waals surface area (Å²) in [5.41, 5.74) is 1.56. The van der Waals surface area contributed by atoms with Gasteiger partial charge in [0.2, 0.25) is 15.9 Å². The summed E-state index contributed by atoms with van der Waals surface area (Å²) in [6, 6.07) is 10.0. The van der Waals surface area contributed by atoms with Crippen LogP contribution in [-0.4, -0.2) is 53.0 Å². The number of aryl methyl sites for hydroxylation is 1. The van der Waals surface area contributed by atoms with Crippen LogP contribution < -0.4 is 19.5 Å². The van der Waals surface area contributed by atoms with Crippen molar-refractivity contribution in [3.8, 4) is 17.2 Å². The fourth-order valence-electron chi connectivity index (χ4n) is 3.66. The van der Waals surface area contributed by atoms with Crippen molar-refractivity contribution < 1.29 is 27.4 Å². The fraction of sp³-hybridized carbons (Fsp3) is 0.409. The molecule has 0 aromatic heterocycles. The Hall–Kier alpha value is -2.78. The first-order valence-corrected chi connectivity index (χ1v) is 11.4. The van der Waals surface area contributed by atoms with E-state index in [9.17, 15) is 13.2 Å². The number of nitrogens with zero attached hydrogens (tertiary/aromatic N) is 1. The smallest absolute Gasteiger partial charge is 0.243 e. The Morgan fingerprint density at radius 1 is 1.00 bits per heavy atom. The van der Waals surface area contributed by atoms with Gasteiger partial charge in [0.15, 0.2) is 11.5 Å². The molecule has 1 fully saturated rings. The van der Waals surface area contributed by atoms with Gasteiger partial charge in [-0.05, 0) is 49.6 Å². The first-order chi connectivity index (χ1) is 14.8. The molecule has 31 heavy (non-hydrogen) atoms. The predicted molar refractivity (Wildman–Crippen MR) is 117 cm³/mol. The lowest BCUT2D eigenvalue weighted by atomic mass is 9.98. The zero-order valence-electron chi connectivity index (χ0n) is 18.2. The van der Waals surface area contributed by atoms with Crippen LogP contribution in [0.4, 0.5) is 5.69 Å². The topological polar surface area (TPSA) is 94.2 Å². The normalized spacial score (nSPS) is 17.1. The number of anilines is 1. The van der Waals surface area contributed by atoms with E-state index in [0.29, 0.717) is 42.3 Å². The van der Waals surface area contributed by atoms with Crippen molar-refractivity contribution in [2.75, 3.05) is 39.7 Å². The number of hydrogen-bond acceptors (Lipinski definition) is 6. The van der Waals surface area contributed by atoms with E-state index in [1.807, 2.05) is 19.1 Å². The van der Waals surface area contributed by atoms with Gasteiger partial charge in [0, 0.05) is 19.2 Å². The Morgan fingerprint density at radius 3 is 2.35 bits per heavy atom. The molecule has 1 aliphatic heterocycles. The minimum absolute atomic E-state index is 0.103. The molecule has 1 N–H and O–H groups in total. The maximum absolute atomic E-state index is 13.2. The van der Waals surface area contributed by atoms with Crippen molar-refractivity contribution in [1.29, 1.82) is 0 Å². The van der Waals surface area contributed by atoms with Crippen molar-refractivity contribution in [3.63, 3.8) is 0 Å². The zero-order valence-corrected chi connectivity index (χ0v) is 19.0. The summed E-state index contributed by atoms with van der Waals surface area (Å²) in [5.74, 6) is 0.653. The Labute approximate surface area is 183 Å². The highest BCUT2D eigenvalue weighted by atomic mass is 32.2. The predicted octanol–water partition coefficient (Wildman–Crippen LogP) is 3.06. The minimum atomic E-state index is -3.79. The van der Waals surface area contributed by atoms with Gasteiger partial charge >= 0.3 is 0 Å². The first kappa shape index (κ1) is 22.9. The summed E-state index contributed by atoms with van der Waals surface area (Å²) in [7, 11) is 0.697. The number of carbonyl (C=O) groups is 1. The van der Waals surface area contributed by atoms with E-state index < -0.39 is 15.9 Å². The van der Waals surface area contributed by atoms with Crippen LogP contribution in [0.5, 0.6) is 17.2 Å². The number of nitrogens with one attached hydrogen (secondary N) is 1. The van der Waals surface area contributed by atoms with Crippen LogP contribution in [0.25, 0.3) is 0 Å². The molecule has 0 radical (unpaired) electrons. The molecule has 3 rings (SSSR count). The van der Waals surface area contributed by atoms with Crippen LogP contribution in [0.15, 0.2) is 41.3 Å². The minimum Gasteiger partial charge on any atom is -0.495 e. The Morgan fingerprint density at radius 2 is 1.68 bits per heavy atom. The Balaban J connectivity index is 1.78. The zero-order chi connectivity index (χ0) is 22.6. The first-order valence-electron chi connectivity index (χ1n) is 9.97. The summed E-state index contributed by atoms with van der Waals surface area (Å²) in [6.45, 7) is 2.39. The molecule has 1 aliphatic rings. The highest BCUT2D eigenvalue weighted by molar-refractivity contribution is 7.89. The van der Waals surface area contributed by atoms with Gasteiger partial charge in [-0.2, -0.15) is 4.31 Å². The van der Waals surface area contributed by atoms with Crippen LogP contribution in [0, 0.1) is 12.8 Å². The number of carbonyl (C=O) groups excluding carboxylic acids is 1. The number of hydrogen-bond donors (Lipinski definition) is 1. The van der Waals surface area contributed by atoms with Gasteiger partial charge in [0.1, 0.15) is 5.75 Å². The van der Waals surface area contributed by atoms with E-state index in [4.69, 9.17) is 14.2 Å². The third kappa shape index (κ3) is 4.94. The van der Waals surface area contributed by atoms with Crippen molar-refractivity contribution in [2.45, 2.75) is 24.7 Å². The average Bonchev–Trinajstić information content (AvgIpc) is 2.78. The van der Waals surface area contributed by atoms with Crippen molar-refractivity contribution in [1.82, 2.24) is 4.31 Å². The van der Waals surface area contributed by atoms with Gasteiger partial charge in [0.25, 0.3) is 0 Å². The SMILES string of the molecule is COc1ccc(C)cc1NC(=O)[C@H]1CCCN(S(=O)(=O)c2ccc(OC)c(OC)c2)C1. The molecular weight excluding hydrogens is 420 g/mol. The Kier molecular flexibility index (Phi) is 7.07. The van der Waals surface area contributed by atoms with Gasteiger partial charge in [-0.15, -0.1) is 0 Å². The van der Waals surface area contributed by atoms with Crippen molar-refractivity contribution in [2.24, 2.45) is 5.92 Å². The summed E-state index contributed by atoms with van der Waals surface area (Å²) in [6.07, 6.45) is 1.20. The summed E-state index contributed by atoms with van der Waals surface area (Å²) >= 11 is 0. The maximum Gasteiger partial charge on any atom is 0.243 e. The monoisotopic (exact) mass is 448 g/mol. The van der Waals surface area contributed by atoms with Gasteiger partial charge in [0.05, 0.1) is 37.8 Å². The number of sulfonamides is 1. The largest absolute Gasteiger partial charge is 0.495 e. The average molecular weight is 449 g/mol. The molecule has 0 unspecified atom stereocenters. The van der Waals surface area contributed by atoms with Crippen LogP contribution in [0.2, 0.25) is 0 Å². The van der Waals surface area contributed by atoms with E-state index in [-0.39, 0.29) is 17.3 Å². The molecule has 1 heterocycles. The van der Waals surface area contributed by atoms with E-state index in [0.717, 1.165) is 5.56 Å². The van der Waals surface area contributed by atoms with E-state index in [1.165, 1.54) is 30.7 Å². The third-order valence-corrected chi connectivity index (χ3v) is 7.22. The summed E-state index contributed by atoms with van der Waals surface area (Å²) in [5, 5.41) is 2.90. The quantitative estimate of drug-likeness (QED) is 0.700. The second-order valence-electron chi connectivity index (χ2n) is 7.41. The molecule has 1 atom stereocenters. The van der Waals surface area contributed by atoms with Crippen molar-refractivity contribution in [3.05, 3.63) is 42.0 Å². The summed E-state index contributed by atoms with van der Waals surface area (Å²) in [4.78, 5) is 13.0. The lowest BCUT2D eigenvalue weighted by Gasteiger charge is -2.31. The molecule has 0 aliphatic carbocycles. The number of rotatable bonds is 7. The van der Waals surface area contributed by atoms with Gasteiger partial charge in [-0.3, -0.25) is 4.79 Å². The summed E-state index contributed by atoms with van der Waals surface area (Å²) < 4.78 is 43.5. The second-order valence-corrected chi connectivity index (χ2v) is 9.35. The molecule has 2 aromatic rings. The molecule has 1 saturated heterocycles. The number of amides is 1. The molecular formula is C22H28N2O6S. The van der Waals surface area contributed by atoms with E-state index in [2.05, 4.69) is 5.32 Å². The Bertz CT molecular complexity index is 1050. The molecule has 1 amide bonds. The molecule has 8 nitrogen and oxygen atoms in total. The molecule has 2 aromatic carbocycles. The number of methoxy groups -OCH3 is 3. The molecule has 0 saturated carbocycles. The maximum atomic E-state index is 13.2. The van der Waals surface area contributed by atoms with Crippen LogP contribution >= 0.6 is 0 Å². The highest BCUT2D eigenvalue weighted by Gasteiger charge is 2.34. The van der Waals surface area contributed by atoms with Crippen LogP contribution in [0.3, 0.4) is 0 Å². The van der Waals surface area contributed by atoms with Crippen molar-refractivity contribution >= 4 is 21.6 Å². The highest BCUT2D eigenvalue weighted by Crippen LogP contribution is 2.32. The van der Waals surface area contributed by atoms with E-state index >= 15 is 0 Å². The lowest BCUT2D eigenvalue weighted by Crippen LogP contribution is -2.43. The molecule has 0 spiro atoms. The van der Waals surface area contributed by atoms with Gasteiger partial charge in [-0.25, -0.2) is 8.42 Å². The third-order valence-electron chi connectivity index (χ3n) is 5.36. The fourth-order valence-corrected chi connectivity index (χ4v) is 5.19. The number of piperidine rings is 1. The van der Waals surface area contributed by atoms with Gasteiger partial charge < -0.3 is 19.5 Å². The van der Waals surface area contributed by atoms with Gasteiger partial charge in [-0.1, -0.05) is 6.07 Å². The molecule has 9 heteroatoms. The molecule has 168 valence electrons. The number of benzene rings is 2. The molecule has 0 bridgehead atoms. The van der Waals surface area contributed by atoms with Crippen LogP contribution in [-0.2, 0) is 14.8 Å². The van der Waals surface area contributed by atoms with Crippen LogP contribution in [0.1, 0.15) is 18.4 Å². The number of ether oxygens (including phenoxy) is 3. The standard InChI is InChI=1S/C22H28N2O6S/c1-15-7-9-19(28-2)18(12-15)23-22(25)16-6-5-11-24(14-16)31(26,27)17-8-10-20(29-3)21(13-17)30-4/h7-10,12-13,16H,5-6,11,14H2,1-4H3,(H,23,25)/t16-/m0/s1.